The van der Waals surface area contributed by atoms with Crippen molar-refractivity contribution in [2.45, 2.75) is 40.0 Å². The second-order valence-corrected chi connectivity index (χ2v) is 7.95. The van der Waals surface area contributed by atoms with E-state index in [-0.39, 0.29) is 18.9 Å². The van der Waals surface area contributed by atoms with Crippen molar-refractivity contribution < 1.29 is 13.2 Å². The Hall–Kier alpha value is -1.56. The van der Waals surface area contributed by atoms with Crippen molar-refractivity contribution in [1.82, 2.24) is 4.90 Å². The summed E-state index contributed by atoms with van der Waals surface area (Å²) in [4.78, 5) is 13.8. The third-order valence-corrected chi connectivity index (χ3v) is 5.00. The van der Waals surface area contributed by atoms with E-state index < -0.39 is 10.0 Å². The van der Waals surface area contributed by atoms with Crippen LogP contribution >= 0.6 is 0 Å². The SMILES string of the molecule is CCCCN(C)C(=O)CCN(c1ccc(C)cc1C)S(C)(=O)=O. The maximum atomic E-state index is 12.2. The fourth-order valence-corrected chi connectivity index (χ4v) is 3.44. The summed E-state index contributed by atoms with van der Waals surface area (Å²) in [5, 5.41) is 0. The molecule has 0 bridgehead atoms. The third kappa shape index (κ3) is 5.86. The Bertz CT molecular complexity index is 641. The molecule has 1 rings (SSSR count). The Morgan fingerprint density at radius 2 is 1.83 bits per heavy atom. The van der Waals surface area contributed by atoms with E-state index in [0.717, 1.165) is 24.0 Å². The molecule has 1 aromatic carbocycles. The van der Waals surface area contributed by atoms with Crippen LogP contribution in [0.3, 0.4) is 0 Å². The summed E-state index contributed by atoms with van der Waals surface area (Å²) in [6.45, 7) is 6.79. The lowest BCUT2D eigenvalue weighted by molar-refractivity contribution is -0.129. The number of sulfonamides is 1. The van der Waals surface area contributed by atoms with Crippen LogP contribution in [-0.4, -0.2) is 45.6 Å². The molecule has 0 fully saturated rings. The maximum Gasteiger partial charge on any atom is 0.232 e. The molecule has 0 aliphatic carbocycles. The maximum absolute atomic E-state index is 12.2. The number of hydrogen-bond donors (Lipinski definition) is 0. The number of unbranched alkanes of at least 4 members (excludes halogenated alkanes) is 1. The van der Waals surface area contributed by atoms with Crippen LogP contribution in [-0.2, 0) is 14.8 Å². The van der Waals surface area contributed by atoms with Crippen molar-refractivity contribution in [3.05, 3.63) is 29.3 Å². The molecule has 1 amide bonds. The Balaban J connectivity index is 2.87. The van der Waals surface area contributed by atoms with Gasteiger partial charge in [-0.2, -0.15) is 0 Å². The molecule has 0 aliphatic rings. The van der Waals surface area contributed by atoms with Gasteiger partial charge in [-0.15, -0.1) is 0 Å². The molecule has 0 aromatic heterocycles. The van der Waals surface area contributed by atoms with Crippen LogP contribution in [0.25, 0.3) is 0 Å². The van der Waals surface area contributed by atoms with Gasteiger partial charge in [-0.3, -0.25) is 9.10 Å². The molecule has 1 aromatic rings. The molecule has 0 atom stereocenters. The monoisotopic (exact) mass is 340 g/mol. The highest BCUT2D eigenvalue weighted by Crippen LogP contribution is 2.23. The Labute approximate surface area is 140 Å². The van der Waals surface area contributed by atoms with Gasteiger partial charge in [-0.05, 0) is 31.9 Å². The van der Waals surface area contributed by atoms with E-state index in [9.17, 15) is 13.2 Å². The number of nitrogens with zero attached hydrogens (tertiary/aromatic N) is 2. The summed E-state index contributed by atoms with van der Waals surface area (Å²) in [5.41, 5.74) is 2.61. The molecule has 0 N–H and O–H groups in total. The van der Waals surface area contributed by atoms with E-state index in [4.69, 9.17) is 0 Å². The lowest BCUT2D eigenvalue weighted by Crippen LogP contribution is -2.36. The van der Waals surface area contributed by atoms with Gasteiger partial charge in [0.05, 0.1) is 11.9 Å². The average Bonchev–Trinajstić information content (AvgIpc) is 2.45. The molecule has 5 nitrogen and oxygen atoms in total. The minimum Gasteiger partial charge on any atom is -0.346 e. The summed E-state index contributed by atoms with van der Waals surface area (Å²) in [5.74, 6) is -0.0307. The summed E-state index contributed by atoms with van der Waals surface area (Å²) >= 11 is 0. The molecular formula is C17H28N2O3S. The molecule has 0 saturated heterocycles. The first-order valence-electron chi connectivity index (χ1n) is 7.95. The second kappa shape index (κ2) is 8.34. The minimum absolute atomic E-state index is 0.0307. The largest absolute Gasteiger partial charge is 0.346 e. The van der Waals surface area contributed by atoms with Crippen molar-refractivity contribution in [3.8, 4) is 0 Å². The number of benzene rings is 1. The van der Waals surface area contributed by atoms with E-state index in [0.29, 0.717) is 12.2 Å². The highest BCUT2D eigenvalue weighted by atomic mass is 32.2. The molecule has 130 valence electrons. The molecule has 0 saturated carbocycles. The van der Waals surface area contributed by atoms with Gasteiger partial charge in [0.25, 0.3) is 0 Å². The Kier molecular flexibility index (Phi) is 7.06. The molecule has 0 spiro atoms. The van der Waals surface area contributed by atoms with Gasteiger partial charge in [-0.25, -0.2) is 8.42 Å². The molecule has 0 radical (unpaired) electrons. The van der Waals surface area contributed by atoms with Crippen LogP contribution in [0.4, 0.5) is 5.69 Å². The van der Waals surface area contributed by atoms with E-state index in [1.165, 1.54) is 10.6 Å². The van der Waals surface area contributed by atoms with Gasteiger partial charge in [0, 0.05) is 26.6 Å². The number of aryl methyl sites for hydroxylation is 2. The van der Waals surface area contributed by atoms with Crippen LogP contribution in [0.2, 0.25) is 0 Å². The number of carbonyl (C=O) groups is 1. The van der Waals surface area contributed by atoms with E-state index in [1.54, 1.807) is 18.0 Å². The number of rotatable bonds is 8. The zero-order valence-corrected chi connectivity index (χ0v) is 15.6. The van der Waals surface area contributed by atoms with Gasteiger partial charge >= 0.3 is 0 Å². The van der Waals surface area contributed by atoms with Crippen LogP contribution in [0, 0.1) is 13.8 Å². The van der Waals surface area contributed by atoms with Crippen molar-refractivity contribution in [1.29, 1.82) is 0 Å². The minimum atomic E-state index is -3.43. The highest BCUT2D eigenvalue weighted by Gasteiger charge is 2.21. The van der Waals surface area contributed by atoms with Gasteiger partial charge in [0.2, 0.25) is 15.9 Å². The van der Waals surface area contributed by atoms with Crippen LogP contribution < -0.4 is 4.31 Å². The van der Waals surface area contributed by atoms with Gasteiger partial charge in [-0.1, -0.05) is 31.0 Å². The normalized spacial score (nSPS) is 11.3. The Morgan fingerprint density at radius 1 is 1.17 bits per heavy atom. The Morgan fingerprint density at radius 3 is 2.35 bits per heavy atom. The highest BCUT2D eigenvalue weighted by molar-refractivity contribution is 7.92. The van der Waals surface area contributed by atoms with Gasteiger partial charge in [0.1, 0.15) is 0 Å². The van der Waals surface area contributed by atoms with Crippen LogP contribution in [0.1, 0.15) is 37.3 Å². The van der Waals surface area contributed by atoms with E-state index in [2.05, 4.69) is 6.92 Å². The molecule has 0 unspecified atom stereocenters. The number of amides is 1. The van der Waals surface area contributed by atoms with Gasteiger partial charge in [0.15, 0.2) is 0 Å². The first-order chi connectivity index (χ1) is 10.7. The molecule has 6 heteroatoms. The smallest absolute Gasteiger partial charge is 0.232 e. The third-order valence-electron chi connectivity index (χ3n) is 3.82. The lowest BCUT2D eigenvalue weighted by Gasteiger charge is -2.25. The topological polar surface area (TPSA) is 57.7 Å². The first kappa shape index (κ1) is 19.5. The second-order valence-electron chi connectivity index (χ2n) is 6.04. The van der Waals surface area contributed by atoms with Crippen molar-refractivity contribution >= 4 is 21.6 Å². The van der Waals surface area contributed by atoms with Crippen molar-refractivity contribution in [2.75, 3.05) is 30.7 Å². The van der Waals surface area contributed by atoms with E-state index >= 15 is 0 Å². The summed E-state index contributed by atoms with van der Waals surface area (Å²) in [7, 11) is -1.67. The number of anilines is 1. The van der Waals surface area contributed by atoms with E-state index in [1.807, 2.05) is 26.0 Å². The summed E-state index contributed by atoms with van der Waals surface area (Å²) in [6, 6.07) is 5.63. The van der Waals surface area contributed by atoms with Crippen LogP contribution in [0.15, 0.2) is 18.2 Å². The average molecular weight is 340 g/mol. The predicted molar refractivity (Wildman–Crippen MR) is 95.3 cm³/mol. The number of hydrogen-bond acceptors (Lipinski definition) is 3. The van der Waals surface area contributed by atoms with Crippen molar-refractivity contribution in [2.24, 2.45) is 0 Å². The first-order valence-corrected chi connectivity index (χ1v) is 9.80. The van der Waals surface area contributed by atoms with Crippen LogP contribution in [0.5, 0.6) is 0 Å². The molecular weight excluding hydrogens is 312 g/mol. The predicted octanol–water partition coefficient (Wildman–Crippen LogP) is 2.72. The van der Waals surface area contributed by atoms with Crippen molar-refractivity contribution in [3.63, 3.8) is 0 Å². The fourth-order valence-electron chi connectivity index (χ4n) is 2.46. The fraction of sp³-hybridized carbons (Fsp3) is 0.588. The lowest BCUT2D eigenvalue weighted by atomic mass is 10.1. The molecule has 23 heavy (non-hydrogen) atoms. The zero-order chi connectivity index (χ0) is 17.6. The summed E-state index contributed by atoms with van der Waals surface area (Å²) < 4.78 is 25.6. The van der Waals surface area contributed by atoms with Gasteiger partial charge < -0.3 is 4.90 Å². The molecule has 0 heterocycles. The number of carbonyl (C=O) groups excluding carboxylic acids is 1. The summed E-state index contributed by atoms with van der Waals surface area (Å²) in [6.07, 6.45) is 3.34. The standard InChI is InChI=1S/C17H28N2O3S/c1-6-7-11-18(4)17(20)10-12-19(23(5,21)22)16-9-8-14(2)13-15(16)3/h8-9,13H,6-7,10-12H2,1-5H3. The quantitative estimate of drug-likeness (QED) is 0.731. The molecule has 0 aliphatic heterocycles. The zero-order valence-electron chi connectivity index (χ0n) is 14.8.